The Morgan fingerprint density at radius 2 is 2.00 bits per heavy atom. The lowest BCUT2D eigenvalue weighted by molar-refractivity contribution is -0.146. The van der Waals surface area contributed by atoms with Crippen LogP contribution >= 0.6 is 0 Å². The van der Waals surface area contributed by atoms with Crippen molar-refractivity contribution >= 4 is 11.9 Å². The lowest BCUT2D eigenvalue weighted by Gasteiger charge is -2.20. The van der Waals surface area contributed by atoms with Crippen molar-refractivity contribution in [3.8, 4) is 0 Å². The Hall–Kier alpha value is -1.84. The number of nitrogens with one attached hydrogen (secondary N) is 1. The van der Waals surface area contributed by atoms with Crippen LogP contribution in [0.25, 0.3) is 0 Å². The van der Waals surface area contributed by atoms with Crippen LogP contribution in [0.1, 0.15) is 44.4 Å². The van der Waals surface area contributed by atoms with Crippen molar-refractivity contribution in [2.45, 2.75) is 38.6 Å². The smallest absolute Gasteiger partial charge is 0.315 e. The highest BCUT2D eigenvalue weighted by molar-refractivity contribution is 5.96. The number of hydrogen-bond acceptors (Lipinski definition) is 2. The van der Waals surface area contributed by atoms with E-state index in [0.29, 0.717) is 0 Å². The molecule has 4 nitrogen and oxygen atoms in total. The molecule has 2 unspecified atom stereocenters. The zero-order valence-corrected chi connectivity index (χ0v) is 11.4. The second-order valence-corrected chi connectivity index (χ2v) is 5.80. The number of carbonyl (C=O) groups excluding carboxylic acids is 1. The average Bonchev–Trinajstić information content (AvgIpc) is 2.60. The van der Waals surface area contributed by atoms with Crippen molar-refractivity contribution in [3.63, 3.8) is 0 Å². The second kappa shape index (κ2) is 4.68. The molecule has 0 saturated heterocycles. The monoisotopic (exact) mass is 261 g/mol. The van der Waals surface area contributed by atoms with Gasteiger partial charge in [-0.25, -0.2) is 0 Å². The van der Waals surface area contributed by atoms with Gasteiger partial charge < -0.3 is 10.4 Å². The molecule has 0 fully saturated rings. The van der Waals surface area contributed by atoms with Gasteiger partial charge in [0.25, 0.3) is 0 Å². The standard InChI is InChI=1S/C15H19NO3/c1-9(14(18)19)13(17)16-12-8-15(2,3)11-7-5-4-6-10(11)12/h4-7,9,12H,8H2,1-3H3,(H,16,17)(H,18,19). The van der Waals surface area contributed by atoms with Gasteiger partial charge in [0.2, 0.25) is 5.91 Å². The highest BCUT2D eigenvalue weighted by Gasteiger charge is 2.38. The molecule has 0 heterocycles. The van der Waals surface area contributed by atoms with Crippen LogP contribution < -0.4 is 5.32 Å². The molecular formula is C15H19NO3. The summed E-state index contributed by atoms with van der Waals surface area (Å²) in [5.41, 5.74) is 2.32. The van der Waals surface area contributed by atoms with Crippen LogP contribution in [0.4, 0.5) is 0 Å². The first kappa shape index (κ1) is 13.6. The Morgan fingerprint density at radius 1 is 1.37 bits per heavy atom. The molecular weight excluding hydrogens is 242 g/mol. The van der Waals surface area contributed by atoms with Gasteiger partial charge >= 0.3 is 5.97 Å². The summed E-state index contributed by atoms with van der Waals surface area (Å²) in [4.78, 5) is 22.7. The van der Waals surface area contributed by atoms with Crippen molar-refractivity contribution in [1.29, 1.82) is 0 Å². The predicted octanol–water partition coefficient (Wildman–Crippen LogP) is 2.25. The van der Waals surface area contributed by atoms with E-state index in [-0.39, 0.29) is 11.5 Å². The van der Waals surface area contributed by atoms with Gasteiger partial charge in [-0.1, -0.05) is 38.1 Å². The highest BCUT2D eigenvalue weighted by atomic mass is 16.4. The first-order valence-corrected chi connectivity index (χ1v) is 6.45. The second-order valence-electron chi connectivity index (χ2n) is 5.80. The number of hydrogen-bond donors (Lipinski definition) is 2. The molecule has 1 aromatic rings. The zero-order valence-electron chi connectivity index (χ0n) is 11.4. The first-order chi connectivity index (χ1) is 8.83. The minimum absolute atomic E-state index is 0.000994. The van der Waals surface area contributed by atoms with Crippen LogP contribution in [-0.4, -0.2) is 17.0 Å². The van der Waals surface area contributed by atoms with Gasteiger partial charge in [-0.2, -0.15) is 0 Å². The lowest BCUT2D eigenvalue weighted by atomic mass is 9.86. The van der Waals surface area contributed by atoms with Crippen LogP contribution in [0.5, 0.6) is 0 Å². The van der Waals surface area contributed by atoms with E-state index in [9.17, 15) is 9.59 Å². The molecule has 0 saturated carbocycles. The molecule has 0 bridgehead atoms. The number of carbonyl (C=O) groups is 2. The van der Waals surface area contributed by atoms with Crippen molar-refractivity contribution < 1.29 is 14.7 Å². The summed E-state index contributed by atoms with van der Waals surface area (Å²) in [7, 11) is 0. The third-order valence-electron chi connectivity index (χ3n) is 3.86. The number of benzene rings is 1. The molecule has 1 aromatic carbocycles. The SMILES string of the molecule is CC(C(=O)O)C(=O)NC1CC(C)(C)c2ccccc21. The van der Waals surface area contributed by atoms with E-state index in [4.69, 9.17) is 5.11 Å². The molecule has 0 spiro atoms. The fraction of sp³-hybridized carbons (Fsp3) is 0.467. The van der Waals surface area contributed by atoms with E-state index in [1.165, 1.54) is 12.5 Å². The summed E-state index contributed by atoms with van der Waals surface area (Å²) in [6, 6.07) is 7.91. The highest BCUT2D eigenvalue weighted by Crippen LogP contribution is 2.44. The molecule has 1 aliphatic carbocycles. The van der Waals surface area contributed by atoms with Crippen molar-refractivity contribution in [1.82, 2.24) is 5.32 Å². The maximum atomic E-state index is 11.9. The quantitative estimate of drug-likeness (QED) is 0.820. The molecule has 2 rings (SSSR count). The van der Waals surface area contributed by atoms with Gasteiger partial charge in [-0.05, 0) is 29.9 Å². The molecule has 0 aliphatic heterocycles. The van der Waals surface area contributed by atoms with E-state index in [0.717, 1.165) is 12.0 Å². The summed E-state index contributed by atoms with van der Waals surface area (Å²) >= 11 is 0. The van der Waals surface area contributed by atoms with Crippen LogP contribution in [0.15, 0.2) is 24.3 Å². The van der Waals surface area contributed by atoms with Crippen LogP contribution in [-0.2, 0) is 15.0 Å². The van der Waals surface area contributed by atoms with Crippen molar-refractivity contribution in [3.05, 3.63) is 35.4 Å². The average molecular weight is 261 g/mol. The number of amides is 1. The van der Waals surface area contributed by atoms with Gasteiger partial charge in [-0.3, -0.25) is 9.59 Å². The maximum absolute atomic E-state index is 11.9. The van der Waals surface area contributed by atoms with E-state index in [2.05, 4.69) is 25.2 Å². The van der Waals surface area contributed by atoms with Gasteiger partial charge in [0.05, 0.1) is 6.04 Å². The first-order valence-electron chi connectivity index (χ1n) is 6.45. The topological polar surface area (TPSA) is 66.4 Å². The third kappa shape index (κ3) is 2.48. The molecule has 0 aromatic heterocycles. The van der Waals surface area contributed by atoms with E-state index >= 15 is 0 Å². The Labute approximate surface area is 112 Å². The van der Waals surface area contributed by atoms with E-state index in [1.807, 2.05) is 18.2 Å². The molecule has 0 radical (unpaired) electrons. The fourth-order valence-electron chi connectivity index (χ4n) is 2.69. The Morgan fingerprint density at radius 3 is 2.63 bits per heavy atom. The fourth-order valence-corrected chi connectivity index (χ4v) is 2.69. The number of fused-ring (bicyclic) bond motifs is 1. The van der Waals surface area contributed by atoms with Gasteiger partial charge in [0.1, 0.15) is 5.92 Å². The number of carboxylic acids is 1. The maximum Gasteiger partial charge on any atom is 0.315 e. The van der Waals surface area contributed by atoms with Gasteiger partial charge in [-0.15, -0.1) is 0 Å². The van der Waals surface area contributed by atoms with Gasteiger partial charge in [0, 0.05) is 0 Å². The third-order valence-corrected chi connectivity index (χ3v) is 3.86. The molecule has 102 valence electrons. The molecule has 19 heavy (non-hydrogen) atoms. The largest absolute Gasteiger partial charge is 0.481 e. The Bertz CT molecular complexity index is 522. The normalized spacial score (nSPS) is 21.5. The van der Waals surface area contributed by atoms with Crippen molar-refractivity contribution in [2.75, 3.05) is 0 Å². The molecule has 2 atom stereocenters. The summed E-state index contributed by atoms with van der Waals surface area (Å²) in [5.74, 6) is -2.54. The summed E-state index contributed by atoms with van der Waals surface area (Å²) in [6.07, 6.45) is 0.796. The molecule has 2 N–H and O–H groups in total. The molecule has 1 aliphatic rings. The van der Waals surface area contributed by atoms with Crippen LogP contribution in [0, 0.1) is 5.92 Å². The van der Waals surface area contributed by atoms with Crippen LogP contribution in [0.3, 0.4) is 0 Å². The van der Waals surface area contributed by atoms with Crippen LogP contribution in [0.2, 0.25) is 0 Å². The minimum Gasteiger partial charge on any atom is -0.481 e. The molecule has 1 amide bonds. The summed E-state index contributed by atoms with van der Waals surface area (Å²) < 4.78 is 0. The zero-order chi connectivity index (χ0) is 14.2. The lowest BCUT2D eigenvalue weighted by Crippen LogP contribution is -2.36. The Kier molecular flexibility index (Phi) is 3.35. The summed E-state index contributed by atoms with van der Waals surface area (Å²) in [6.45, 7) is 5.68. The Balaban J connectivity index is 2.21. The minimum atomic E-state index is -1.09. The van der Waals surface area contributed by atoms with E-state index < -0.39 is 17.8 Å². The summed E-state index contributed by atoms with van der Waals surface area (Å²) in [5, 5.41) is 11.7. The van der Waals surface area contributed by atoms with E-state index in [1.54, 1.807) is 0 Å². The van der Waals surface area contributed by atoms with Crippen molar-refractivity contribution in [2.24, 2.45) is 5.92 Å². The molecule has 4 heteroatoms. The van der Waals surface area contributed by atoms with Gasteiger partial charge in [0.15, 0.2) is 0 Å². The predicted molar refractivity (Wildman–Crippen MR) is 71.8 cm³/mol. The number of aliphatic carboxylic acids is 1. The number of rotatable bonds is 3. The number of carboxylic acid groups (broad SMARTS) is 1.